The minimum atomic E-state index is 0.292. The van der Waals surface area contributed by atoms with Gasteiger partial charge in [0, 0.05) is 23.6 Å². The van der Waals surface area contributed by atoms with Crippen LogP contribution in [0.15, 0.2) is 12.4 Å². The van der Waals surface area contributed by atoms with Crippen LogP contribution in [0.3, 0.4) is 0 Å². The fourth-order valence-corrected chi connectivity index (χ4v) is 3.41. The standard InChI is InChI=1S/C11H16N4S2/c1-7-5-15(6-8(2)17-7)10-4-13-9(3-14-10)11(12)16/h3-4,7-8H,5-6H2,1-2H3,(H2,12,16). The molecule has 4 nitrogen and oxygen atoms in total. The predicted octanol–water partition coefficient (Wildman–Crippen LogP) is 1.44. The van der Waals surface area contributed by atoms with Crippen LogP contribution >= 0.6 is 24.0 Å². The lowest BCUT2D eigenvalue weighted by Crippen LogP contribution is -2.41. The Morgan fingerprint density at radius 2 is 2.00 bits per heavy atom. The Balaban J connectivity index is 2.14. The molecule has 2 rings (SSSR count). The van der Waals surface area contributed by atoms with Gasteiger partial charge in [0.2, 0.25) is 0 Å². The summed E-state index contributed by atoms with van der Waals surface area (Å²) in [4.78, 5) is 11.2. The molecule has 1 aliphatic heterocycles. The summed E-state index contributed by atoms with van der Waals surface area (Å²) in [5, 5.41) is 1.24. The Hall–Kier alpha value is -0.880. The summed E-state index contributed by atoms with van der Waals surface area (Å²) in [6.45, 7) is 6.50. The number of hydrogen-bond acceptors (Lipinski definition) is 5. The largest absolute Gasteiger partial charge is 0.388 e. The van der Waals surface area contributed by atoms with E-state index in [1.54, 1.807) is 12.4 Å². The predicted molar refractivity (Wildman–Crippen MR) is 76.6 cm³/mol. The molecule has 0 radical (unpaired) electrons. The molecule has 2 N–H and O–H groups in total. The van der Waals surface area contributed by atoms with Crippen molar-refractivity contribution < 1.29 is 0 Å². The number of nitrogens with zero attached hydrogens (tertiary/aromatic N) is 3. The fourth-order valence-electron chi connectivity index (χ4n) is 1.98. The van der Waals surface area contributed by atoms with Gasteiger partial charge in [0.25, 0.3) is 0 Å². The molecule has 92 valence electrons. The quantitative estimate of drug-likeness (QED) is 0.819. The second-order valence-electron chi connectivity index (χ2n) is 4.29. The molecule has 0 saturated carbocycles. The van der Waals surface area contributed by atoms with E-state index in [0.29, 0.717) is 21.2 Å². The zero-order chi connectivity index (χ0) is 12.4. The summed E-state index contributed by atoms with van der Waals surface area (Å²) in [7, 11) is 0. The molecule has 0 aromatic carbocycles. The maximum atomic E-state index is 5.50. The lowest BCUT2D eigenvalue weighted by atomic mass is 10.3. The third kappa shape index (κ3) is 3.07. The molecule has 1 aromatic rings. The minimum absolute atomic E-state index is 0.292. The summed E-state index contributed by atoms with van der Waals surface area (Å²) in [5.74, 6) is 0.906. The number of thiocarbonyl (C=S) groups is 1. The lowest BCUT2D eigenvalue weighted by molar-refractivity contribution is 0.716. The van der Waals surface area contributed by atoms with Crippen molar-refractivity contribution in [2.45, 2.75) is 24.3 Å². The molecule has 1 aromatic heterocycles. The van der Waals surface area contributed by atoms with Gasteiger partial charge in [0.1, 0.15) is 16.5 Å². The molecule has 1 fully saturated rings. The van der Waals surface area contributed by atoms with Gasteiger partial charge in [0.05, 0.1) is 12.4 Å². The molecular weight excluding hydrogens is 252 g/mol. The maximum Gasteiger partial charge on any atom is 0.147 e. The van der Waals surface area contributed by atoms with Crippen LogP contribution < -0.4 is 10.6 Å². The van der Waals surface area contributed by atoms with Gasteiger partial charge in [0.15, 0.2) is 0 Å². The maximum absolute atomic E-state index is 5.50. The highest BCUT2D eigenvalue weighted by atomic mass is 32.2. The summed E-state index contributed by atoms with van der Waals surface area (Å²) in [6.07, 6.45) is 3.40. The Morgan fingerprint density at radius 1 is 1.35 bits per heavy atom. The molecule has 6 heteroatoms. The van der Waals surface area contributed by atoms with E-state index >= 15 is 0 Å². The first-order chi connectivity index (χ1) is 8.06. The van der Waals surface area contributed by atoms with E-state index in [4.69, 9.17) is 18.0 Å². The monoisotopic (exact) mass is 268 g/mol. The number of nitrogens with two attached hydrogens (primary N) is 1. The van der Waals surface area contributed by atoms with E-state index in [-0.39, 0.29) is 0 Å². The third-order valence-corrected chi connectivity index (χ3v) is 4.07. The number of anilines is 1. The zero-order valence-corrected chi connectivity index (χ0v) is 11.6. The van der Waals surface area contributed by atoms with Crippen molar-refractivity contribution >= 4 is 34.8 Å². The van der Waals surface area contributed by atoms with E-state index in [9.17, 15) is 0 Å². The molecule has 0 aliphatic carbocycles. The van der Waals surface area contributed by atoms with E-state index < -0.39 is 0 Å². The van der Waals surface area contributed by atoms with E-state index in [2.05, 4.69) is 28.7 Å². The second kappa shape index (κ2) is 5.18. The number of hydrogen-bond donors (Lipinski definition) is 1. The van der Waals surface area contributed by atoms with Crippen LogP contribution in [0.25, 0.3) is 0 Å². The van der Waals surface area contributed by atoms with Gasteiger partial charge in [-0.15, -0.1) is 0 Å². The van der Waals surface area contributed by atoms with Crippen LogP contribution in [-0.2, 0) is 0 Å². The number of rotatable bonds is 2. The van der Waals surface area contributed by atoms with Crippen LogP contribution in [-0.4, -0.2) is 38.5 Å². The zero-order valence-electron chi connectivity index (χ0n) is 9.96. The lowest BCUT2D eigenvalue weighted by Gasteiger charge is -2.35. The molecule has 2 unspecified atom stereocenters. The second-order valence-corrected chi connectivity index (χ2v) is 6.61. The first-order valence-electron chi connectivity index (χ1n) is 5.58. The van der Waals surface area contributed by atoms with Crippen molar-refractivity contribution in [3.8, 4) is 0 Å². The van der Waals surface area contributed by atoms with Gasteiger partial charge in [-0.05, 0) is 0 Å². The van der Waals surface area contributed by atoms with Crippen molar-refractivity contribution in [3.05, 3.63) is 18.1 Å². The van der Waals surface area contributed by atoms with Gasteiger partial charge >= 0.3 is 0 Å². The fraction of sp³-hybridized carbons (Fsp3) is 0.545. The topological polar surface area (TPSA) is 55.0 Å². The highest BCUT2D eigenvalue weighted by Gasteiger charge is 2.23. The molecule has 2 heterocycles. The van der Waals surface area contributed by atoms with E-state index in [1.165, 1.54) is 0 Å². The van der Waals surface area contributed by atoms with Crippen LogP contribution in [0.1, 0.15) is 19.5 Å². The molecule has 0 spiro atoms. The molecule has 0 amide bonds. The number of aromatic nitrogens is 2. The summed E-state index contributed by atoms with van der Waals surface area (Å²) in [6, 6.07) is 0. The smallest absolute Gasteiger partial charge is 0.147 e. The Morgan fingerprint density at radius 3 is 2.47 bits per heavy atom. The summed E-state index contributed by atoms with van der Waals surface area (Å²) >= 11 is 6.87. The average molecular weight is 268 g/mol. The molecule has 0 bridgehead atoms. The normalized spacial score (nSPS) is 24.7. The van der Waals surface area contributed by atoms with Crippen LogP contribution in [0.5, 0.6) is 0 Å². The van der Waals surface area contributed by atoms with Crippen molar-refractivity contribution in [2.75, 3.05) is 18.0 Å². The van der Waals surface area contributed by atoms with E-state index in [0.717, 1.165) is 18.9 Å². The molecule has 1 saturated heterocycles. The van der Waals surface area contributed by atoms with Gasteiger partial charge in [-0.2, -0.15) is 11.8 Å². The molecule has 2 atom stereocenters. The molecular formula is C11H16N4S2. The minimum Gasteiger partial charge on any atom is -0.388 e. The van der Waals surface area contributed by atoms with Crippen LogP contribution in [0.4, 0.5) is 5.82 Å². The Kier molecular flexibility index (Phi) is 3.83. The van der Waals surface area contributed by atoms with Crippen LogP contribution in [0.2, 0.25) is 0 Å². The van der Waals surface area contributed by atoms with Gasteiger partial charge < -0.3 is 10.6 Å². The first kappa shape index (κ1) is 12.6. The van der Waals surface area contributed by atoms with Gasteiger partial charge in [-0.3, -0.25) is 0 Å². The summed E-state index contributed by atoms with van der Waals surface area (Å²) < 4.78 is 0. The molecule has 1 aliphatic rings. The third-order valence-electron chi connectivity index (χ3n) is 2.63. The Bertz CT molecular complexity index is 396. The highest BCUT2D eigenvalue weighted by molar-refractivity contribution is 8.00. The first-order valence-corrected chi connectivity index (χ1v) is 6.93. The van der Waals surface area contributed by atoms with Crippen molar-refractivity contribution in [1.82, 2.24) is 9.97 Å². The van der Waals surface area contributed by atoms with Crippen molar-refractivity contribution in [1.29, 1.82) is 0 Å². The van der Waals surface area contributed by atoms with Crippen molar-refractivity contribution in [3.63, 3.8) is 0 Å². The summed E-state index contributed by atoms with van der Waals surface area (Å²) in [5.41, 5.74) is 6.08. The van der Waals surface area contributed by atoms with E-state index in [1.807, 2.05) is 11.8 Å². The van der Waals surface area contributed by atoms with Crippen LogP contribution in [0, 0.1) is 0 Å². The van der Waals surface area contributed by atoms with Crippen molar-refractivity contribution in [2.24, 2.45) is 5.73 Å². The number of thioether (sulfide) groups is 1. The van der Waals surface area contributed by atoms with Gasteiger partial charge in [-0.1, -0.05) is 26.1 Å². The average Bonchev–Trinajstić information content (AvgIpc) is 2.28. The Labute approximate surface area is 111 Å². The highest BCUT2D eigenvalue weighted by Crippen LogP contribution is 2.27. The SMILES string of the molecule is CC1CN(c2cnc(C(N)=S)cn2)CC(C)S1. The molecule has 17 heavy (non-hydrogen) atoms. The van der Waals surface area contributed by atoms with Gasteiger partial charge in [-0.25, -0.2) is 9.97 Å².